The Morgan fingerprint density at radius 3 is 2.68 bits per heavy atom. The minimum Gasteiger partial charge on any atom is -0.398 e. The van der Waals surface area contributed by atoms with E-state index >= 15 is 0 Å². The first kappa shape index (κ1) is 12.5. The quantitative estimate of drug-likeness (QED) is 0.830. The number of hydrogen-bond donors (Lipinski definition) is 2. The Morgan fingerprint density at radius 2 is 2.00 bits per heavy atom. The Hall–Kier alpha value is -1.58. The highest BCUT2D eigenvalue weighted by Crippen LogP contribution is 2.24. The molecule has 1 heterocycles. The lowest BCUT2D eigenvalue weighted by molar-refractivity contribution is 0.171. The van der Waals surface area contributed by atoms with Gasteiger partial charge in [0.1, 0.15) is 0 Å². The zero-order chi connectivity index (χ0) is 13.3. The van der Waals surface area contributed by atoms with E-state index in [1.807, 2.05) is 6.07 Å². The van der Waals surface area contributed by atoms with Gasteiger partial charge in [-0.2, -0.15) is 0 Å². The van der Waals surface area contributed by atoms with Gasteiger partial charge in [-0.15, -0.1) is 0 Å². The Morgan fingerprint density at radius 1 is 1.26 bits per heavy atom. The lowest BCUT2D eigenvalue weighted by Crippen LogP contribution is -2.42. The number of nitrogens with two attached hydrogens (primary N) is 1. The lowest BCUT2D eigenvalue weighted by atomic mass is 10.00. The maximum absolute atomic E-state index is 6.14. The second-order valence-corrected chi connectivity index (χ2v) is 5.61. The molecule has 3 rings (SSSR count). The smallest absolute Gasteiger partial charge is 0.0646 e. The van der Waals surface area contributed by atoms with E-state index in [4.69, 9.17) is 10.5 Å². The van der Waals surface area contributed by atoms with Crippen LogP contribution in [-0.4, -0.2) is 18.8 Å². The van der Waals surface area contributed by atoms with Crippen LogP contribution < -0.4 is 11.1 Å². The molecule has 0 amide bonds. The first-order valence-corrected chi connectivity index (χ1v) is 6.76. The topological polar surface area (TPSA) is 47.3 Å². The van der Waals surface area contributed by atoms with Gasteiger partial charge in [-0.05, 0) is 41.8 Å². The van der Waals surface area contributed by atoms with Gasteiger partial charge in [0.05, 0.1) is 6.61 Å². The van der Waals surface area contributed by atoms with Gasteiger partial charge in [0.15, 0.2) is 0 Å². The van der Waals surface area contributed by atoms with Crippen molar-refractivity contribution >= 4 is 16.5 Å². The van der Waals surface area contributed by atoms with Crippen molar-refractivity contribution in [2.24, 2.45) is 0 Å². The molecule has 0 spiro atoms. The number of hydrogen-bond acceptors (Lipinski definition) is 3. The minimum atomic E-state index is 0.0814. The van der Waals surface area contributed by atoms with Crippen molar-refractivity contribution in [2.45, 2.75) is 25.4 Å². The van der Waals surface area contributed by atoms with Crippen LogP contribution in [0.4, 0.5) is 5.69 Å². The summed E-state index contributed by atoms with van der Waals surface area (Å²) in [6, 6.07) is 12.5. The van der Waals surface area contributed by atoms with Crippen LogP contribution in [0.3, 0.4) is 0 Å². The van der Waals surface area contributed by atoms with Crippen molar-refractivity contribution < 1.29 is 4.74 Å². The summed E-state index contributed by atoms with van der Waals surface area (Å²) in [5.74, 6) is 0. The summed E-state index contributed by atoms with van der Waals surface area (Å²) in [7, 11) is 0. The van der Waals surface area contributed by atoms with Crippen LogP contribution in [0.1, 0.15) is 18.9 Å². The molecule has 3 N–H and O–H groups in total. The molecule has 1 unspecified atom stereocenters. The fourth-order valence-corrected chi connectivity index (χ4v) is 2.57. The van der Waals surface area contributed by atoms with Crippen LogP contribution in [0.25, 0.3) is 10.8 Å². The van der Waals surface area contributed by atoms with Crippen molar-refractivity contribution in [1.82, 2.24) is 5.32 Å². The number of nitrogen functional groups attached to an aromatic ring is 1. The number of rotatable bonds is 3. The molecule has 1 fully saturated rings. The van der Waals surface area contributed by atoms with Crippen LogP contribution in [0, 0.1) is 0 Å². The van der Waals surface area contributed by atoms with Crippen LogP contribution in [0.2, 0.25) is 0 Å². The molecule has 1 atom stereocenters. The SMILES string of the molecule is CC1(NCc2cc3ccccc3cc2N)CCOC1. The predicted molar refractivity (Wildman–Crippen MR) is 79.0 cm³/mol. The zero-order valence-electron chi connectivity index (χ0n) is 11.3. The van der Waals surface area contributed by atoms with E-state index < -0.39 is 0 Å². The third-order valence-corrected chi connectivity index (χ3v) is 3.93. The van der Waals surface area contributed by atoms with Gasteiger partial charge in [0, 0.05) is 24.4 Å². The van der Waals surface area contributed by atoms with E-state index in [0.717, 1.165) is 37.4 Å². The van der Waals surface area contributed by atoms with Gasteiger partial charge in [-0.1, -0.05) is 24.3 Å². The Kier molecular flexibility index (Phi) is 3.17. The van der Waals surface area contributed by atoms with Crippen molar-refractivity contribution in [2.75, 3.05) is 18.9 Å². The van der Waals surface area contributed by atoms with Gasteiger partial charge in [0.25, 0.3) is 0 Å². The molecule has 0 bridgehead atoms. The average molecular weight is 256 g/mol. The number of benzene rings is 2. The molecule has 0 aliphatic carbocycles. The summed E-state index contributed by atoms with van der Waals surface area (Å²) >= 11 is 0. The molecule has 100 valence electrons. The average Bonchev–Trinajstić information content (AvgIpc) is 2.84. The Labute approximate surface area is 113 Å². The number of nitrogens with one attached hydrogen (secondary N) is 1. The van der Waals surface area contributed by atoms with Crippen LogP contribution in [0.15, 0.2) is 36.4 Å². The monoisotopic (exact) mass is 256 g/mol. The van der Waals surface area contributed by atoms with Gasteiger partial charge in [-0.25, -0.2) is 0 Å². The third kappa shape index (κ3) is 2.57. The molecule has 0 aromatic heterocycles. The van der Waals surface area contributed by atoms with Crippen molar-refractivity contribution in [3.63, 3.8) is 0 Å². The molecule has 2 aromatic carbocycles. The molecule has 2 aromatic rings. The summed E-state index contributed by atoms with van der Waals surface area (Å²) < 4.78 is 5.46. The van der Waals surface area contributed by atoms with Crippen LogP contribution >= 0.6 is 0 Å². The predicted octanol–water partition coefficient (Wildman–Crippen LogP) is 2.69. The molecule has 19 heavy (non-hydrogen) atoms. The van der Waals surface area contributed by atoms with Gasteiger partial charge in [0.2, 0.25) is 0 Å². The van der Waals surface area contributed by atoms with E-state index in [2.05, 4.69) is 42.6 Å². The molecular weight excluding hydrogens is 236 g/mol. The molecule has 3 heteroatoms. The fraction of sp³-hybridized carbons (Fsp3) is 0.375. The highest BCUT2D eigenvalue weighted by Gasteiger charge is 2.28. The van der Waals surface area contributed by atoms with Gasteiger partial charge in [-0.3, -0.25) is 0 Å². The number of ether oxygens (including phenoxy) is 1. The first-order chi connectivity index (χ1) is 9.16. The van der Waals surface area contributed by atoms with E-state index in [0.29, 0.717) is 0 Å². The van der Waals surface area contributed by atoms with Crippen LogP contribution in [-0.2, 0) is 11.3 Å². The second-order valence-electron chi connectivity index (χ2n) is 5.61. The maximum Gasteiger partial charge on any atom is 0.0646 e. The molecular formula is C16H20N2O. The molecule has 0 saturated carbocycles. The summed E-state index contributed by atoms with van der Waals surface area (Å²) in [6.45, 7) is 4.62. The number of fused-ring (bicyclic) bond motifs is 1. The lowest BCUT2D eigenvalue weighted by Gasteiger charge is -2.24. The molecule has 1 saturated heterocycles. The van der Waals surface area contributed by atoms with E-state index in [9.17, 15) is 0 Å². The Balaban J connectivity index is 1.82. The normalized spacial score (nSPS) is 23.0. The fourth-order valence-electron chi connectivity index (χ4n) is 2.57. The Bertz CT molecular complexity index is 588. The second kappa shape index (κ2) is 4.83. The maximum atomic E-state index is 6.14. The largest absolute Gasteiger partial charge is 0.398 e. The zero-order valence-corrected chi connectivity index (χ0v) is 11.3. The summed E-state index contributed by atoms with van der Waals surface area (Å²) in [6.07, 6.45) is 1.06. The van der Waals surface area contributed by atoms with E-state index in [1.165, 1.54) is 10.8 Å². The number of anilines is 1. The molecule has 1 aliphatic rings. The molecule has 3 nitrogen and oxygen atoms in total. The summed E-state index contributed by atoms with van der Waals surface area (Å²) in [5.41, 5.74) is 8.24. The molecule has 0 radical (unpaired) electrons. The standard InChI is InChI=1S/C16H20N2O/c1-16(6-7-19-11-16)18-10-14-8-12-4-2-3-5-13(12)9-15(14)17/h2-5,8-9,18H,6-7,10-11,17H2,1H3. The van der Waals surface area contributed by atoms with Crippen LogP contribution in [0.5, 0.6) is 0 Å². The van der Waals surface area contributed by atoms with Crippen molar-refractivity contribution in [3.8, 4) is 0 Å². The van der Waals surface area contributed by atoms with Crippen molar-refractivity contribution in [3.05, 3.63) is 42.0 Å². The third-order valence-electron chi connectivity index (χ3n) is 3.93. The van der Waals surface area contributed by atoms with E-state index in [1.54, 1.807) is 0 Å². The summed E-state index contributed by atoms with van der Waals surface area (Å²) in [4.78, 5) is 0. The van der Waals surface area contributed by atoms with Crippen molar-refractivity contribution in [1.29, 1.82) is 0 Å². The first-order valence-electron chi connectivity index (χ1n) is 6.76. The highest BCUT2D eigenvalue weighted by molar-refractivity contribution is 5.86. The van der Waals surface area contributed by atoms with Gasteiger partial charge < -0.3 is 15.8 Å². The summed E-state index contributed by atoms with van der Waals surface area (Å²) in [5, 5.41) is 6.01. The van der Waals surface area contributed by atoms with E-state index in [-0.39, 0.29) is 5.54 Å². The minimum absolute atomic E-state index is 0.0814. The molecule has 1 aliphatic heterocycles. The van der Waals surface area contributed by atoms with Gasteiger partial charge >= 0.3 is 0 Å². The highest BCUT2D eigenvalue weighted by atomic mass is 16.5.